The number of phenolic OH excluding ortho intramolecular Hbond substituents is 1. The van der Waals surface area contributed by atoms with Gasteiger partial charge in [-0.25, -0.2) is 0 Å². The molecule has 0 unspecified atom stereocenters. The lowest BCUT2D eigenvalue weighted by Crippen LogP contribution is -1.89. The maximum atomic E-state index is 10.8. The van der Waals surface area contributed by atoms with Crippen LogP contribution in [0.4, 0.5) is 0 Å². The molecule has 0 saturated carbocycles. The first-order valence-electron chi connectivity index (χ1n) is 5.48. The molecule has 17 heavy (non-hydrogen) atoms. The third-order valence-electron chi connectivity index (χ3n) is 3.07. The van der Waals surface area contributed by atoms with E-state index in [-0.39, 0.29) is 5.75 Å². The third-order valence-corrected chi connectivity index (χ3v) is 3.07. The lowest BCUT2D eigenvalue weighted by atomic mass is 9.96. The van der Waals surface area contributed by atoms with E-state index in [0.29, 0.717) is 11.8 Å². The van der Waals surface area contributed by atoms with Crippen molar-refractivity contribution in [3.63, 3.8) is 0 Å². The molecule has 0 aromatic heterocycles. The molecule has 2 heteroatoms. The second-order valence-corrected chi connectivity index (χ2v) is 4.14. The molecule has 2 nitrogen and oxygen atoms in total. The highest BCUT2D eigenvalue weighted by Gasteiger charge is 2.06. The van der Waals surface area contributed by atoms with Crippen LogP contribution in [0.15, 0.2) is 36.4 Å². The Bertz CT molecular complexity index is 571. The number of rotatable bonds is 2. The van der Waals surface area contributed by atoms with Crippen LogP contribution >= 0.6 is 0 Å². The van der Waals surface area contributed by atoms with Crippen LogP contribution in [0.1, 0.15) is 21.5 Å². The quantitative estimate of drug-likeness (QED) is 0.796. The van der Waals surface area contributed by atoms with E-state index in [1.807, 2.05) is 18.2 Å². The second kappa shape index (κ2) is 4.42. The molecule has 0 amide bonds. The summed E-state index contributed by atoms with van der Waals surface area (Å²) in [7, 11) is 0. The van der Waals surface area contributed by atoms with Gasteiger partial charge in [-0.2, -0.15) is 0 Å². The lowest BCUT2D eigenvalue weighted by Gasteiger charge is -2.09. The minimum Gasteiger partial charge on any atom is -0.507 e. The summed E-state index contributed by atoms with van der Waals surface area (Å²) in [5, 5.41) is 9.47. The van der Waals surface area contributed by atoms with Crippen molar-refractivity contribution in [2.75, 3.05) is 0 Å². The van der Waals surface area contributed by atoms with Gasteiger partial charge in [-0.3, -0.25) is 4.79 Å². The minimum absolute atomic E-state index is 0.0223. The predicted octanol–water partition coefficient (Wildman–Crippen LogP) is 3.49. The summed E-state index contributed by atoms with van der Waals surface area (Å²) < 4.78 is 0. The summed E-state index contributed by atoms with van der Waals surface area (Å²) >= 11 is 0. The highest BCUT2D eigenvalue weighted by molar-refractivity contribution is 5.83. The zero-order valence-electron chi connectivity index (χ0n) is 9.90. The van der Waals surface area contributed by atoms with Crippen molar-refractivity contribution in [1.82, 2.24) is 0 Å². The molecule has 0 fully saturated rings. The van der Waals surface area contributed by atoms with Crippen LogP contribution < -0.4 is 0 Å². The van der Waals surface area contributed by atoms with Gasteiger partial charge in [0, 0.05) is 0 Å². The molecule has 1 N–H and O–H groups in total. The Morgan fingerprint density at radius 3 is 2.59 bits per heavy atom. The molecule has 0 atom stereocenters. The zero-order valence-corrected chi connectivity index (χ0v) is 9.90. The summed E-state index contributed by atoms with van der Waals surface area (Å²) in [6.07, 6.45) is 0.671. The number of benzene rings is 2. The lowest BCUT2D eigenvalue weighted by molar-refractivity contribution is 0.112. The van der Waals surface area contributed by atoms with Gasteiger partial charge in [-0.1, -0.05) is 24.3 Å². The SMILES string of the molecule is Cc1cccc(-c2ccc(O)c(C=O)c2)c1C. The van der Waals surface area contributed by atoms with E-state index < -0.39 is 0 Å². The van der Waals surface area contributed by atoms with E-state index in [2.05, 4.69) is 19.9 Å². The topological polar surface area (TPSA) is 37.3 Å². The van der Waals surface area contributed by atoms with Gasteiger partial charge in [0.15, 0.2) is 6.29 Å². The smallest absolute Gasteiger partial charge is 0.153 e. The Morgan fingerprint density at radius 1 is 1.12 bits per heavy atom. The largest absolute Gasteiger partial charge is 0.507 e. The van der Waals surface area contributed by atoms with Gasteiger partial charge in [0.05, 0.1) is 5.56 Å². The monoisotopic (exact) mass is 226 g/mol. The number of hydrogen-bond acceptors (Lipinski definition) is 2. The molecule has 2 rings (SSSR count). The highest BCUT2D eigenvalue weighted by atomic mass is 16.3. The molecule has 0 bridgehead atoms. The van der Waals surface area contributed by atoms with Crippen LogP contribution in [0.25, 0.3) is 11.1 Å². The van der Waals surface area contributed by atoms with E-state index >= 15 is 0 Å². The average Bonchev–Trinajstić information content (AvgIpc) is 2.34. The van der Waals surface area contributed by atoms with Crippen LogP contribution in [0.2, 0.25) is 0 Å². The zero-order chi connectivity index (χ0) is 12.4. The number of carbonyl (C=O) groups excluding carboxylic acids is 1. The number of carbonyl (C=O) groups is 1. The summed E-state index contributed by atoms with van der Waals surface area (Å²) in [5.74, 6) is 0.0223. The van der Waals surface area contributed by atoms with Gasteiger partial charge in [-0.05, 0) is 48.2 Å². The first-order valence-corrected chi connectivity index (χ1v) is 5.48. The molecule has 0 saturated heterocycles. The van der Waals surface area contributed by atoms with Crippen molar-refractivity contribution in [2.24, 2.45) is 0 Å². The van der Waals surface area contributed by atoms with Crippen LogP contribution in [0, 0.1) is 13.8 Å². The highest BCUT2D eigenvalue weighted by Crippen LogP contribution is 2.28. The standard InChI is InChI=1S/C15H14O2/c1-10-4-3-5-14(11(10)2)12-6-7-15(17)13(8-12)9-16/h3-9,17H,1-2H3. The molecule has 0 heterocycles. The number of aldehydes is 1. The molecule has 86 valence electrons. The molecule has 0 radical (unpaired) electrons. The van der Waals surface area contributed by atoms with E-state index in [4.69, 9.17) is 0 Å². The minimum atomic E-state index is 0.0223. The van der Waals surface area contributed by atoms with E-state index in [9.17, 15) is 9.90 Å². The number of aromatic hydroxyl groups is 1. The molecule has 0 aliphatic heterocycles. The maximum Gasteiger partial charge on any atom is 0.153 e. The molecule has 0 spiro atoms. The number of aryl methyl sites for hydroxylation is 1. The first kappa shape index (κ1) is 11.4. The third kappa shape index (κ3) is 2.07. The fraction of sp³-hybridized carbons (Fsp3) is 0.133. The van der Waals surface area contributed by atoms with Crippen LogP contribution in [-0.2, 0) is 0 Å². The summed E-state index contributed by atoms with van der Waals surface area (Å²) in [4.78, 5) is 10.8. The van der Waals surface area contributed by atoms with Crippen molar-refractivity contribution in [1.29, 1.82) is 0 Å². The Labute approximate surface area is 101 Å². The summed E-state index contributed by atoms with van der Waals surface area (Å²) in [5.41, 5.74) is 4.76. The normalized spacial score (nSPS) is 10.2. The predicted molar refractivity (Wildman–Crippen MR) is 68.4 cm³/mol. The number of hydrogen-bond donors (Lipinski definition) is 1. The van der Waals surface area contributed by atoms with Gasteiger partial charge in [0.1, 0.15) is 5.75 Å². The number of phenols is 1. The molecule has 0 aliphatic carbocycles. The Hall–Kier alpha value is -2.09. The van der Waals surface area contributed by atoms with Crippen LogP contribution in [0.3, 0.4) is 0 Å². The Morgan fingerprint density at radius 2 is 1.88 bits per heavy atom. The fourth-order valence-electron chi connectivity index (χ4n) is 1.88. The average molecular weight is 226 g/mol. The van der Waals surface area contributed by atoms with Crippen LogP contribution in [0.5, 0.6) is 5.75 Å². The molecule has 2 aromatic rings. The van der Waals surface area contributed by atoms with Crippen molar-refractivity contribution >= 4 is 6.29 Å². The van der Waals surface area contributed by atoms with Crippen molar-refractivity contribution < 1.29 is 9.90 Å². The van der Waals surface area contributed by atoms with Crippen molar-refractivity contribution in [3.8, 4) is 16.9 Å². The summed E-state index contributed by atoms with van der Waals surface area (Å²) in [6.45, 7) is 4.11. The van der Waals surface area contributed by atoms with E-state index in [1.54, 1.807) is 12.1 Å². The second-order valence-electron chi connectivity index (χ2n) is 4.14. The van der Waals surface area contributed by atoms with Crippen molar-refractivity contribution in [2.45, 2.75) is 13.8 Å². The van der Waals surface area contributed by atoms with Crippen LogP contribution in [-0.4, -0.2) is 11.4 Å². The van der Waals surface area contributed by atoms with Gasteiger partial charge in [0.25, 0.3) is 0 Å². The molecule has 2 aromatic carbocycles. The van der Waals surface area contributed by atoms with E-state index in [1.165, 1.54) is 11.1 Å². The van der Waals surface area contributed by atoms with Gasteiger partial charge in [-0.15, -0.1) is 0 Å². The summed E-state index contributed by atoms with van der Waals surface area (Å²) in [6, 6.07) is 11.2. The molecular formula is C15H14O2. The Balaban J connectivity index is 2.61. The fourth-order valence-corrected chi connectivity index (χ4v) is 1.88. The van der Waals surface area contributed by atoms with Gasteiger partial charge >= 0.3 is 0 Å². The Kier molecular flexibility index (Phi) is 2.96. The maximum absolute atomic E-state index is 10.8. The van der Waals surface area contributed by atoms with Gasteiger partial charge < -0.3 is 5.11 Å². The first-order chi connectivity index (χ1) is 8.13. The van der Waals surface area contributed by atoms with E-state index in [0.717, 1.165) is 11.1 Å². The molecular weight excluding hydrogens is 212 g/mol. The van der Waals surface area contributed by atoms with Gasteiger partial charge in [0.2, 0.25) is 0 Å². The molecule has 0 aliphatic rings. The van der Waals surface area contributed by atoms with Crippen molar-refractivity contribution in [3.05, 3.63) is 53.1 Å².